The topological polar surface area (TPSA) is 71.5 Å². The van der Waals surface area contributed by atoms with Gasteiger partial charge in [0.25, 0.3) is 0 Å². The summed E-state index contributed by atoms with van der Waals surface area (Å²) in [4.78, 5) is 32.0. The first kappa shape index (κ1) is 18.9. The standard InChI is InChI=1S/C17H27N3O3S/c1-5-11(2)16(22)20(9-14-7-6-8-23-14)10-15(21)19-17-18-12(3)13(4)24-17/h11,14H,5-10H2,1-4H3,(H,18,19,21)/t11-,14-/m0/s1. The van der Waals surface area contributed by atoms with Crippen LogP contribution in [0.15, 0.2) is 0 Å². The maximum Gasteiger partial charge on any atom is 0.245 e. The van der Waals surface area contributed by atoms with Crippen molar-refractivity contribution in [3.05, 3.63) is 10.6 Å². The number of aromatic nitrogens is 1. The summed E-state index contributed by atoms with van der Waals surface area (Å²) >= 11 is 1.45. The molecule has 0 aliphatic carbocycles. The number of thiazole rings is 1. The van der Waals surface area contributed by atoms with E-state index in [-0.39, 0.29) is 30.4 Å². The fraction of sp³-hybridized carbons (Fsp3) is 0.706. The Morgan fingerprint density at radius 2 is 2.21 bits per heavy atom. The van der Waals surface area contributed by atoms with Crippen molar-refractivity contribution in [2.75, 3.05) is 25.0 Å². The maximum absolute atomic E-state index is 12.6. The van der Waals surface area contributed by atoms with Crippen molar-refractivity contribution in [2.45, 2.75) is 53.1 Å². The molecule has 2 heterocycles. The van der Waals surface area contributed by atoms with Crippen LogP contribution in [0.5, 0.6) is 0 Å². The predicted octanol–water partition coefficient (Wildman–Crippen LogP) is 2.75. The molecule has 1 saturated heterocycles. The summed E-state index contributed by atoms with van der Waals surface area (Å²) in [6.45, 7) is 9.02. The minimum atomic E-state index is -0.210. The Morgan fingerprint density at radius 3 is 2.75 bits per heavy atom. The van der Waals surface area contributed by atoms with Gasteiger partial charge in [0, 0.05) is 23.9 Å². The van der Waals surface area contributed by atoms with Crippen molar-refractivity contribution in [1.29, 1.82) is 0 Å². The van der Waals surface area contributed by atoms with Crippen molar-refractivity contribution in [3.8, 4) is 0 Å². The minimum absolute atomic E-state index is 0.00894. The van der Waals surface area contributed by atoms with E-state index in [1.807, 2.05) is 27.7 Å². The lowest BCUT2D eigenvalue weighted by atomic mass is 10.1. The number of aryl methyl sites for hydroxylation is 2. The molecule has 7 heteroatoms. The van der Waals surface area contributed by atoms with Gasteiger partial charge < -0.3 is 15.0 Å². The third-order valence-electron chi connectivity index (χ3n) is 4.40. The molecule has 1 aromatic rings. The van der Waals surface area contributed by atoms with Crippen LogP contribution in [0.3, 0.4) is 0 Å². The molecule has 1 N–H and O–H groups in total. The summed E-state index contributed by atoms with van der Waals surface area (Å²) in [5.41, 5.74) is 0.919. The number of nitrogens with one attached hydrogen (secondary N) is 1. The molecule has 6 nitrogen and oxygen atoms in total. The van der Waals surface area contributed by atoms with Crippen LogP contribution in [-0.2, 0) is 14.3 Å². The number of ether oxygens (including phenoxy) is 1. The SMILES string of the molecule is CC[C@H](C)C(=O)N(CC(=O)Nc1nc(C)c(C)s1)C[C@@H]1CCCO1. The van der Waals surface area contributed by atoms with Gasteiger partial charge in [-0.1, -0.05) is 13.8 Å². The van der Waals surface area contributed by atoms with Gasteiger partial charge in [0.15, 0.2) is 5.13 Å². The van der Waals surface area contributed by atoms with Crippen molar-refractivity contribution >= 4 is 28.3 Å². The van der Waals surface area contributed by atoms with Crippen LogP contribution in [0.25, 0.3) is 0 Å². The highest BCUT2D eigenvalue weighted by atomic mass is 32.1. The molecule has 134 valence electrons. The van der Waals surface area contributed by atoms with Gasteiger partial charge >= 0.3 is 0 Å². The van der Waals surface area contributed by atoms with E-state index in [1.165, 1.54) is 11.3 Å². The Hall–Kier alpha value is -1.47. The van der Waals surface area contributed by atoms with Crippen LogP contribution < -0.4 is 5.32 Å². The third kappa shape index (κ3) is 5.01. The van der Waals surface area contributed by atoms with E-state index in [4.69, 9.17) is 4.74 Å². The van der Waals surface area contributed by atoms with Crippen LogP contribution >= 0.6 is 11.3 Å². The first-order valence-corrected chi connectivity index (χ1v) is 9.36. The van der Waals surface area contributed by atoms with E-state index >= 15 is 0 Å². The fourth-order valence-electron chi connectivity index (χ4n) is 2.61. The summed E-state index contributed by atoms with van der Waals surface area (Å²) in [5.74, 6) is -0.295. The fourth-order valence-corrected chi connectivity index (χ4v) is 3.44. The smallest absolute Gasteiger partial charge is 0.245 e. The zero-order valence-corrected chi connectivity index (χ0v) is 15.7. The van der Waals surface area contributed by atoms with Gasteiger partial charge in [0.2, 0.25) is 11.8 Å². The van der Waals surface area contributed by atoms with Gasteiger partial charge in [0.1, 0.15) is 6.54 Å². The molecule has 2 rings (SSSR count). The Kier molecular flexibility index (Phi) is 6.74. The Morgan fingerprint density at radius 1 is 1.46 bits per heavy atom. The molecule has 0 bridgehead atoms. The van der Waals surface area contributed by atoms with Crippen LogP contribution in [0.4, 0.5) is 5.13 Å². The van der Waals surface area contributed by atoms with E-state index in [2.05, 4.69) is 10.3 Å². The zero-order chi connectivity index (χ0) is 17.7. The van der Waals surface area contributed by atoms with Crippen molar-refractivity contribution in [1.82, 2.24) is 9.88 Å². The lowest BCUT2D eigenvalue weighted by Crippen LogP contribution is -2.44. The molecule has 0 aromatic carbocycles. The molecule has 1 aliphatic heterocycles. The van der Waals surface area contributed by atoms with Crippen LogP contribution in [0.2, 0.25) is 0 Å². The van der Waals surface area contributed by atoms with Gasteiger partial charge in [-0.25, -0.2) is 4.98 Å². The molecule has 1 aliphatic rings. The average Bonchev–Trinajstić information content (AvgIpc) is 3.15. The van der Waals surface area contributed by atoms with E-state index < -0.39 is 0 Å². The molecule has 0 unspecified atom stereocenters. The number of hydrogen-bond acceptors (Lipinski definition) is 5. The maximum atomic E-state index is 12.6. The molecular formula is C17H27N3O3S. The summed E-state index contributed by atoms with van der Waals surface area (Å²) in [7, 11) is 0. The van der Waals surface area contributed by atoms with Gasteiger partial charge in [0.05, 0.1) is 11.8 Å². The van der Waals surface area contributed by atoms with Crippen molar-refractivity contribution in [2.24, 2.45) is 5.92 Å². The summed E-state index contributed by atoms with van der Waals surface area (Å²) in [6, 6.07) is 0. The molecule has 2 atom stereocenters. The Labute approximate surface area is 147 Å². The quantitative estimate of drug-likeness (QED) is 0.818. The average molecular weight is 353 g/mol. The lowest BCUT2D eigenvalue weighted by Gasteiger charge is -2.27. The number of hydrogen-bond donors (Lipinski definition) is 1. The second-order valence-corrected chi connectivity index (χ2v) is 7.58. The number of anilines is 1. The number of carbonyl (C=O) groups excluding carboxylic acids is 2. The highest BCUT2D eigenvalue weighted by molar-refractivity contribution is 7.15. The first-order valence-electron chi connectivity index (χ1n) is 8.55. The zero-order valence-electron chi connectivity index (χ0n) is 14.9. The summed E-state index contributed by atoms with van der Waals surface area (Å²) in [5, 5.41) is 3.39. The molecule has 1 fully saturated rings. The third-order valence-corrected chi connectivity index (χ3v) is 5.39. The molecule has 0 spiro atoms. The molecular weight excluding hydrogens is 326 g/mol. The second kappa shape index (κ2) is 8.58. The molecule has 0 radical (unpaired) electrons. The molecule has 1 aromatic heterocycles. The number of amides is 2. The highest BCUT2D eigenvalue weighted by Crippen LogP contribution is 2.21. The van der Waals surface area contributed by atoms with Gasteiger partial charge in [-0.05, 0) is 33.1 Å². The minimum Gasteiger partial charge on any atom is -0.376 e. The van der Waals surface area contributed by atoms with Crippen LogP contribution in [0, 0.1) is 19.8 Å². The number of rotatable bonds is 7. The number of nitrogens with zero attached hydrogens (tertiary/aromatic N) is 2. The van der Waals surface area contributed by atoms with E-state index in [9.17, 15) is 9.59 Å². The number of carbonyl (C=O) groups is 2. The van der Waals surface area contributed by atoms with E-state index in [1.54, 1.807) is 4.90 Å². The largest absolute Gasteiger partial charge is 0.376 e. The van der Waals surface area contributed by atoms with Gasteiger partial charge in [-0.2, -0.15) is 0 Å². The van der Waals surface area contributed by atoms with Crippen LogP contribution in [0.1, 0.15) is 43.7 Å². The lowest BCUT2D eigenvalue weighted by molar-refractivity contribution is -0.139. The highest BCUT2D eigenvalue weighted by Gasteiger charge is 2.26. The molecule has 0 saturated carbocycles. The van der Waals surface area contributed by atoms with Gasteiger partial charge in [-0.15, -0.1) is 11.3 Å². The van der Waals surface area contributed by atoms with E-state index in [0.29, 0.717) is 11.7 Å². The van der Waals surface area contributed by atoms with Crippen LogP contribution in [-0.4, -0.2) is 47.5 Å². The first-order chi connectivity index (χ1) is 11.4. The van der Waals surface area contributed by atoms with Crippen molar-refractivity contribution in [3.63, 3.8) is 0 Å². The Balaban J connectivity index is 1.99. The van der Waals surface area contributed by atoms with E-state index in [0.717, 1.165) is 36.4 Å². The summed E-state index contributed by atoms with van der Waals surface area (Å²) in [6.07, 6.45) is 2.75. The summed E-state index contributed by atoms with van der Waals surface area (Å²) < 4.78 is 5.63. The Bertz CT molecular complexity index is 562. The monoisotopic (exact) mass is 353 g/mol. The normalized spacial score (nSPS) is 18.4. The van der Waals surface area contributed by atoms with Gasteiger partial charge in [-0.3, -0.25) is 9.59 Å². The predicted molar refractivity (Wildman–Crippen MR) is 95.2 cm³/mol. The molecule has 2 amide bonds. The van der Waals surface area contributed by atoms with Crippen molar-refractivity contribution < 1.29 is 14.3 Å². The molecule has 24 heavy (non-hydrogen) atoms. The second-order valence-electron chi connectivity index (χ2n) is 6.37.